The molecule has 0 atom stereocenters. The Hall–Kier alpha value is -1.30. The Morgan fingerprint density at radius 2 is 2.14 bits per heavy atom. The van der Waals surface area contributed by atoms with Gasteiger partial charge in [0.25, 0.3) is 0 Å². The van der Waals surface area contributed by atoms with Gasteiger partial charge >= 0.3 is 5.69 Å². The second-order valence-electron chi connectivity index (χ2n) is 5.51. The molecule has 0 heterocycles. The van der Waals surface area contributed by atoms with Crippen molar-refractivity contribution in [1.29, 1.82) is 0 Å². The van der Waals surface area contributed by atoms with Gasteiger partial charge in [-0.2, -0.15) is 0 Å². The van der Waals surface area contributed by atoms with Crippen molar-refractivity contribution in [2.24, 2.45) is 0 Å². The molecule has 1 aromatic carbocycles. The smallest absolute Gasteiger partial charge is 0.310 e. The predicted molar refractivity (Wildman–Crippen MR) is 85.0 cm³/mol. The van der Waals surface area contributed by atoms with E-state index in [1.54, 1.807) is 12.1 Å². The van der Waals surface area contributed by atoms with Crippen LogP contribution in [-0.2, 0) is 6.54 Å². The van der Waals surface area contributed by atoms with Gasteiger partial charge in [-0.3, -0.25) is 10.1 Å². The third-order valence-electron chi connectivity index (χ3n) is 2.53. The fourth-order valence-electron chi connectivity index (χ4n) is 1.48. The minimum Gasteiger partial charge on any atom is -0.481 e. The number of nitrogens with one attached hydrogen (secondary N) is 1. The number of nitrogens with zero attached hydrogens (tertiary/aromatic N) is 1. The van der Waals surface area contributed by atoms with Gasteiger partial charge in [0, 0.05) is 23.7 Å². The summed E-state index contributed by atoms with van der Waals surface area (Å²) in [6.45, 7) is 6.70. The Balaban J connectivity index is 2.92. The molecule has 0 amide bonds. The fraction of sp³-hybridized carbons (Fsp3) is 0.429. The quantitative estimate of drug-likeness (QED) is 0.626. The molecule has 116 valence electrons. The van der Waals surface area contributed by atoms with Crippen molar-refractivity contribution < 1.29 is 9.66 Å². The number of benzene rings is 1. The second kappa shape index (κ2) is 7.64. The van der Waals surface area contributed by atoms with E-state index in [-0.39, 0.29) is 28.6 Å². The van der Waals surface area contributed by atoms with Crippen LogP contribution in [0.15, 0.2) is 28.8 Å². The molecule has 1 rings (SSSR count). The van der Waals surface area contributed by atoms with E-state index in [4.69, 9.17) is 27.9 Å². The molecule has 0 saturated heterocycles. The molecule has 1 aromatic rings. The molecule has 0 unspecified atom stereocenters. The number of ether oxygens (including phenoxy) is 1. The molecule has 0 fully saturated rings. The third kappa shape index (κ3) is 6.33. The number of nitro groups is 1. The van der Waals surface area contributed by atoms with Crippen molar-refractivity contribution in [2.75, 3.05) is 6.61 Å². The number of halogens is 2. The van der Waals surface area contributed by atoms with E-state index >= 15 is 0 Å². The number of hydrogen-bond acceptors (Lipinski definition) is 4. The zero-order chi connectivity index (χ0) is 16.0. The third-order valence-corrected chi connectivity index (χ3v) is 3.12. The van der Waals surface area contributed by atoms with Gasteiger partial charge in [-0.25, -0.2) is 0 Å². The summed E-state index contributed by atoms with van der Waals surface area (Å²) in [5.41, 5.74) is 1.90. The van der Waals surface area contributed by atoms with Crippen molar-refractivity contribution in [1.82, 2.24) is 5.32 Å². The van der Waals surface area contributed by atoms with E-state index in [1.807, 2.05) is 20.8 Å². The molecule has 0 aromatic heterocycles. The van der Waals surface area contributed by atoms with Crippen molar-refractivity contribution in [3.8, 4) is 5.75 Å². The molecule has 0 aliphatic rings. The molecule has 0 bridgehead atoms. The van der Waals surface area contributed by atoms with Crippen LogP contribution in [0, 0.1) is 10.1 Å². The van der Waals surface area contributed by atoms with E-state index in [2.05, 4.69) is 5.32 Å². The summed E-state index contributed by atoms with van der Waals surface area (Å²) in [6.07, 6.45) is 0. The highest BCUT2D eigenvalue weighted by atomic mass is 35.5. The van der Waals surface area contributed by atoms with E-state index in [0.717, 1.165) is 5.56 Å². The van der Waals surface area contributed by atoms with Gasteiger partial charge < -0.3 is 10.1 Å². The van der Waals surface area contributed by atoms with Crippen LogP contribution in [-0.4, -0.2) is 17.1 Å². The lowest BCUT2D eigenvalue weighted by Gasteiger charge is -2.20. The Bertz CT molecular complexity index is 540. The van der Waals surface area contributed by atoms with Crippen molar-refractivity contribution in [3.63, 3.8) is 0 Å². The second-order valence-corrected chi connectivity index (χ2v) is 6.21. The SMILES string of the molecule is CC(C)(C)NCc1ccc([N+](=O)[O-])c(OCC(Cl)=CCl)c1. The average molecular weight is 333 g/mol. The van der Waals surface area contributed by atoms with Crippen LogP contribution >= 0.6 is 23.2 Å². The molecule has 0 spiro atoms. The number of rotatable bonds is 6. The lowest BCUT2D eigenvalue weighted by atomic mass is 10.1. The molecule has 0 aliphatic heterocycles. The van der Waals surface area contributed by atoms with Gasteiger partial charge in [0.2, 0.25) is 0 Å². The first-order valence-corrected chi connectivity index (χ1v) is 7.14. The van der Waals surface area contributed by atoms with Crippen LogP contribution in [0.3, 0.4) is 0 Å². The molecule has 21 heavy (non-hydrogen) atoms. The van der Waals surface area contributed by atoms with Crippen molar-refractivity contribution in [3.05, 3.63) is 44.4 Å². The van der Waals surface area contributed by atoms with Crippen LogP contribution in [0.4, 0.5) is 5.69 Å². The molecule has 5 nitrogen and oxygen atoms in total. The lowest BCUT2D eigenvalue weighted by Crippen LogP contribution is -2.35. The average Bonchev–Trinajstić information content (AvgIpc) is 2.41. The van der Waals surface area contributed by atoms with Crippen molar-refractivity contribution in [2.45, 2.75) is 32.9 Å². The van der Waals surface area contributed by atoms with E-state index in [1.165, 1.54) is 11.6 Å². The van der Waals surface area contributed by atoms with Crippen molar-refractivity contribution >= 4 is 28.9 Å². The highest BCUT2D eigenvalue weighted by Gasteiger charge is 2.17. The molecular weight excluding hydrogens is 315 g/mol. The van der Waals surface area contributed by atoms with Gasteiger partial charge in [-0.05, 0) is 32.4 Å². The monoisotopic (exact) mass is 332 g/mol. The van der Waals surface area contributed by atoms with Gasteiger partial charge in [0.05, 0.1) is 9.96 Å². The van der Waals surface area contributed by atoms with E-state index in [9.17, 15) is 10.1 Å². The van der Waals surface area contributed by atoms with Crippen LogP contribution in [0.5, 0.6) is 5.75 Å². The number of nitro benzene ring substituents is 1. The van der Waals surface area contributed by atoms with Gasteiger partial charge in [0.15, 0.2) is 5.75 Å². The standard InChI is InChI=1S/C14H18Cl2N2O3/c1-14(2,3)17-8-10-4-5-12(18(19)20)13(6-10)21-9-11(16)7-15/h4-7,17H,8-9H2,1-3H3. The summed E-state index contributed by atoms with van der Waals surface area (Å²) in [4.78, 5) is 10.5. The molecule has 0 radical (unpaired) electrons. The minimum absolute atomic E-state index is 0.0119. The predicted octanol–water partition coefficient (Wildman–Crippen LogP) is 4.18. The van der Waals surface area contributed by atoms with Crippen LogP contribution in [0.2, 0.25) is 0 Å². The maximum Gasteiger partial charge on any atom is 0.310 e. The summed E-state index contributed by atoms with van der Waals surface area (Å²) < 4.78 is 5.37. The largest absolute Gasteiger partial charge is 0.481 e. The molecule has 0 saturated carbocycles. The first-order valence-electron chi connectivity index (χ1n) is 6.33. The fourth-order valence-corrected chi connectivity index (χ4v) is 1.60. The Morgan fingerprint density at radius 1 is 1.48 bits per heavy atom. The highest BCUT2D eigenvalue weighted by molar-refractivity contribution is 6.36. The van der Waals surface area contributed by atoms with E-state index in [0.29, 0.717) is 6.54 Å². The summed E-state index contributed by atoms with van der Waals surface area (Å²) in [7, 11) is 0. The van der Waals surface area contributed by atoms with Gasteiger partial charge in [-0.1, -0.05) is 29.3 Å². The molecule has 7 heteroatoms. The lowest BCUT2D eigenvalue weighted by molar-refractivity contribution is -0.385. The number of hydrogen-bond donors (Lipinski definition) is 1. The van der Waals surface area contributed by atoms with Crippen LogP contribution in [0.25, 0.3) is 0 Å². The maximum absolute atomic E-state index is 11.0. The van der Waals surface area contributed by atoms with Crippen LogP contribution < -0.4 is 10.1 Å². The maximum atomic E-state index is 11.0. The summed E-state index contributed by atoms with van der Waals surface area (Å²) in [6, 6.07) is 4.76. The first kappa shape index (κ1) is 17.8. The molecule has 0 aliphatic carbocycles. The topological polar surface area (TPSA) is 64.4 Å². The Labute approximate surface area is 134 Å². The summed E-state index contributed by atoms with van der Waals surface area (Å²) in [5.74, 6) is 0.171. The normalized spacial score (nSPS) is 12.3. The highest BCUT2D eigenvalue weighted by Crippen LogP contribution is 2.28. The minimum atomic E-state index is -0.491. The Morgan fingerprint density at radius 3 is 2.67 bits per heavy atom. The summed E-state index contributed by atoms with van der Waals surface area (Å²) >= 11 is 11.2. The molecular formula is C14H18Cl2N2O3. The Kier molecular flexibility index (Phi) is 6.45. The first-order chi connectivity index (χ1) is 9.73. The summed E-state index contributed by atoms with van der Waals surface area (Å²) in [5, 5.41) is 14.6. The van der Waals surface area contributed by atoms with Gasteiger partial charge in [-0.15, -0.1) is 0 Å². The molecule has 1 N–H and O–H groups in total. The van der Waals surface area contributed by atoms with E-state index < -0.39 is 4.92 Å². The zero-order valence-electron chi connectivity index (χ0n) is 12.2. The van der Waals surface area contributed by atoms with Gasteiger partial charge in [0.1, 0.15) is 6.61 Å². The zero-order valence-corrected chi connectivity index (χ0v) is 13.7. The van der Waals surface area contributed by atoms with Crippen LogP contribution in [0.1, 0.15) is 26.3 Å².